The molecule has 0 saturated carbocycles. The maximum Gasteiger partial charge on any atom is 0.246 e. The van der Waals surface area contributed by atoms with Crippen molar-refractivity contribution in [1.82, 2.24) is 9.55 Å². The number of hydrogen-bond donors (Lipinski definition) is 0. The van der Waals surface area contributed by atoms with E-state index in [1.807, 2.05) is 33.9 Å². The van der Waals surface area contributed by atoms with Crippen LogP contribution in [0.25, 0.3) is 0 Å². The zero-order valence-electron chi connectivity index (χ0n) is 14.0. The molecule has 1 aliphatic rings. The molecule has 0 aliphatic carbocycles. The Morgan fingerprint density at radius 1 is 1.39 bits per heavy atom. The summed E-state index contributed by atoms with van der Waals surface area (Å²) in [4.78, 5) is 19.1. The minimum absolute atomic E-state index is 0.107. The molecule has 5 heteroatoms. The fourth-order valence-corrected chi connectivity index (χ4v) is 3.15. The van der Waals surface area contributed by atoms with Gasteiger partial charge in [-0.2, -0.15) is 0 Å². The number of hydrogen-bond acceptors (Lipinski definition) is 3. The second-order valence-electron chi connectivity index (χ2n) is 6.21. The highest BCUT2D eigenvalue weighted by Gasteiger charge is 2.23. The number of methoxy groups -OCH3 is 1. The number of benzene rings is 1. The largest absolute Gasteiger partial charge is 0.497 e. The number of aromatic nitrogens is 2. The van der Waals surface area contributed by atoms with E-state index in [-0.39, 0.29) is 5.91 Å². The van der Waals surface area contributed by atoms with Gasteiger partial charge in [0.15, 0.2) is 0 Å². The Bertz CT molecular complexity index is 706. The molecule has 1 aromatic heterocycles. The van der Waals surface area contributed by atoms with Gasteiger partial charge in [-0.25, -0.2) is 4.98 Å². The third-order valence-corrected chi connectivity index (χ3v) is 4.28. The minimum atomic E-state index is 0.107. The lowest BCUT2D eigenvalue weighted by Crippen LogP contribution is -2.38. The number of aryl methyl sites for hydroxylation is 1. The van der Waals surface area contributed by atoms with E-state index in [9.17, 15) is 4.79 Å². The highest BCUT2D eigenvalue weighted by molar-refractivity contribution is 5.94. The van der Waals surface area contributed by atoms with E-state index in [0.717, 1.165) is 36.6 Å². The van der Waals surface area contributed by atoms with E-state index in [1.165, 1.54) is 5.56 Å². The van der Waals surface area contributed by atoms with E-state index in [0.29, 0.717) is 12.5 Å². The molecule has 0 fully saturated rings. The van der Waals surface area contributed by atoms with Gasteiger partial charge in [0.2, 0.25) is 5.91 Å². The van der Waals surface area contributed by atoms with Gasteiger partial charge in [0.05, 0.1) is 7.11 Å². The lowest BCUT2D eigenvalue weighted by atomic mass is 10.0. The zero-order valence-corrected chi connectivity index (χ0v) is 14.0. The van der Waals surface area contributed by atoms with Gasteiger partial charge in [-0.1, -0.05) is 13.8 Å². The Morgan fingerprint density at radius 3 is 2.96 bits per heavy atom. The first kappa shape index (κ1) is 15.6. The molecule has 122 valence electrons. The Kier molecular flexibility index (Phi) is 4.37. The Hall–Kier alpha value is -2.30. The van der Waals surface area contributed by atoms with Gasteiger partial charge in [-0.3, -0.25) is 4.79 Å². The molecule has 2 heterocycles. The summed E-state index contributed by atoms with van der Waals surface area (Å²) in [5, 5.41) is 0. The van der Waals surface area contributed by atoms with Crippen LogP contribution in [0.4, 0.5) is 5.69 Å². The first-order valence-corrected chi connectivity index (χ1v) is 8.08. The number of carbonyl (C=O) groups excluding carboxylic acids is 1. The van der Waals surface area contributed by atoms with Crippen LogP contribution >= 0.6 is 0 Å². The Morgan fingerprint density at radius 2 is 2.22 bits per heavy atom. The van der Waals surface area contributed by atoms with Crippen molar-refractivity contribution < 1.29 is 9.53 Å². The summed E-state index contributed by atoms with van der Waals surface area (Å²) in [6, 6.07) is 5.94. The number of fused-ring (bicyclic) bond motifs is 1. The normalized spacial score (nSPS) is 14.0. The molecule has 0 radical (unpaired) electrons. The maximum absolute atomic E-state index is 12.8. The first-order valence-electron chi connectivity index (χ1n) is 8.08. The smallest absolute Gasteiger partial charge is 0.246 e. The summed E-state index contributed by atoms with van der Waals surface area (Å²) in [5.74, 6) is 2.20. The standard InChI is InChI=1S/C18H23N3O2/c1-13(2)18-19-8-10-20(18)12-17(22)21-9-4-5-14-11-15(23-3)6-7-16(14)21/h6-8,10-11,13H,4-5,9,12H2,1-3H3. The van der Waals surface area contributed by atoms with Gasteiger partial charge < -0.3 is 14.2 Å². The van der Waals surface area contributed by atoms with Gasteiger partial charge in [-0.15, -0.1) is 0 Å². The summed E-state index contributed by atoms with van der Waals surface area (Å²) in [6.07, 6.45) is 5.61. The van der Waals surface area contributed by atoms with Crippen molar-refractivity contribution in [3.8, 4) is 5.75 Å². The summed E-state index contributed by atoms with van der Waals surface area (Å²) >= 11 is 0. The maximum atomic E-state index is 12.8. The van der Waals surface area contributed by atoms with Crippen LogP contribution in [0.15, 0.2) is 30.6 Å². The van der Waals surface area contributed by atoms with E-state index >= 15 is 0 Å². The minimum Gasteiger partial charge on any atom is -0.497 e. The molecule has 23 heavy (non-hydrogen) atoms. The van der Waals surface area contributed by atoms with Crippen LogP contribution in [0.1, 0.15) is 37.6 Å². The molecule has 0 N–H and O–H groups in total. The first-order chi connectivity index (χ1) is 11.1. The molecule has 0 unspecified atom stereocenters. The van der Waals surface area contributed by atoms with Gasteiger partial charge in [0, 0.05) is 30.5 Å². The second-order valence-corrected chi connectivity index (χ2v) is 6.21. The van der Waals surface area contributed by atoms with E-state index in [1.54, 1.807) is 13.3 Å². The van der Waals surface area contributed by atoms with E-state index in [2.05, 4.69) is 18.8 Å². The van der Waals surface area contributed by atoms with Crippen molar-refractivity contribution >= 4 is 11.6 Å². The summed E-state index contributed by atoms with van der Waals surface area (Å²) in [6.45, 7) is 5.28. The third kappa shape index (κ3) is 3.09. The fraction of sp³-hybridized carbons (Fsp3) is 0.444. The number of rotatable bonds is 4. The van der Waals surface area contributed by atoms with Crippen molar-refractivity contribution in [2.24, 2.45) is 0 Å². The summed E-state index contributed by atoms with van der Waals surface area (Å²) < 4.78 is 7.24. The van der Waals surface area contributed by atoms with E-state index in [4.69, 9.17) is 4.74 Å². The topological polar surface area (TPSA) is 47.4 Å². The molecule has 1 aromatic carbocycles. The average molecular weight is 313 g/mol. The summed E-state index contributed by atoms with van der Waals surface area (Å²) in [5.41, 5.74) is 2.19. The average Bonchev–Trinajstić information content (AvgIpc) is 3.02. The zero-order chi connectivity index (χ0) is 16.4. The van der Waals surface area contributed by atoms with Crippen LogP contribution in [0.5, 0.6) is 5.75 Å². The number of ether oxygens (including phenoxy) is 1. The molecule has 0 spiro atoms. The molecule has 0 atom stereocenters. The lowest BCUT2D eigenvalue weighted by molar-refractivity contribution is -0.119. The molecule has 5 nitrogen and oxygen atoms in total. The van der Waals surface area contributed by atoms with E-state index < -0.39 is 0 Å². The second kappa shape index (κ2) is 6.44. The molecule has 0 saturated heterocycles. The van der Waals surface area contributed by atoms with Crippen LogP contribution in [-0.4, -0.2) is 29.1 Å². The highest BCUT2D eigenvalue weighted by atomic mass is 16.5. The SMILES string of the molecule is COc1ccc2c(c1)CCCN2C(=O)Cn1ccnc1C(C)C. The number of carbonyl (C=O) groups is 1. The summed E-state index contributed by atoms with van der Waals surface area (Å²) in [7, 11) is 1.67. The monoisotopic (exact) mass is 313 g/mol. The fourth-order valence-electron chi connectivity index (χ4n) is 3.15. The van der Waals surface area contributed by atoms with Crippen LogP contribution in [0.3, 0.4) is 0 Å². The predicted molar refractivity (Wildman–Crippen MR) is 90.0 cm³/mol. The van der Waals surface area contributed by atoms with Gasteiger partial charge in [0.25, 0.3) is 0 Å². The lowest BCUT2D eigenvalue weighted by Gasteiger charge is -2.30. The van der Waals surface area contributed by atoms with Gasteiger partial charge >= 0.3 is 0 Å². The van der Waals surface area contributed by atoms with Crippen LogP contribution < -0.4 is 9.64 Å². The number of imidazole rings is 1. The van der Waals surface area contributed by atoms with Crippen molar-refractivity contribution in [1.29, 1.82) is 0 Å². The number of amides is 1. The van der Waals surface area contributed by atoms with Crippen LogP contribution in [0.2, 0.25) is 0 Å². The molecule has 1 amide bonds. The number of nitrogens with zero attached hydrogens (tertiary/aromatic N) is 3. The quantitative estimate of drug-likeness (QED) is 0.872. The molecule has 3 rings (SSSR count). The Balaban J connectivity index is 1.83. The molecular weight excluding hydrogens is 290 g/mol. The highest BCUT2D eigenvalue weighted by Crippen LogP contribution is 2.30. The Labute approximate surface area is 136 Å². The predicted octanol–water partition coefficient (Wildman–Crippen LogP) is 2.99. The van der Waals surface area contributed by atoms with Crippen molar-refractivity contribution in [2.45, 2.75) is 39.2 Å². The van der Waals surface area contributed by atoms with Crippen LogP contribution in [0, 0.1) is 0 Å². The van der Waals surface area contributed by atoms with Crippen molar-refractivity contribution in [3.05, 3.63) is 42.0 Å². The van der Waals surface area contributed by atoms with Crippen molar-refractivity contribution in [3.63, 3.8) is 0 Å². The molecule has 1 aliphatic heterocycles. The molecule has 0 bridgehead atoms. The third-order valence-electron chi connectivity index (χ3n) is 4.28. The molecule has 2 aromatic rings. The number of anilines is 1. The van der Waals surface area contributed by atoms with Gasteiger partial charge in [-0.05, 0) is 36.6 Å². The van der Waals surface area contributed by atoms with Crippen LogP contribution in [-0.2, 0) is 17.8 Å². The van der Waals surface area contributed by atoms with Crippen molar-refractivity contribution in [2.75, 3.05) is 18.6 Å². The van der Waals surface area contributed by atoms with Gasteiger partial charge in [0.1, 0.15) is 18.1 Å². The molecular formula is C18H23N3O2.